The average molecular weight is 418 g/mol. The summed E-state index contributed by atoms with van der Waals surface area (Å²) in [5.74, 6) is -0.255. The third kappa shape index (κ3) is 3.90. The van der Waals surface area contributed by atoms with Gasteiger partial charge in [-0.05, 0) is 36.6 Å². The van der Waals surface area contributed by atoms with Gasteiger partial charge in [0.2, 0.25) is 5.82 Å². The zero-order valence-corrected chi connectivity index (χ0v) is 15.7. The maximum Gasteiger partial charge on any atom is 0.416 e. The Kier molecular flexibility index (Phi) is 4.66. The van der Waals surface area contributed by atoms with Crippen molar-refractivity contribution >= 4 is 23.1 Å². The molecule has 0 spiro atoms. The highest BCUT2D eigenvalue weighted by Gasteiger charge is 2.31. The second-order valence-electron chi connectivity index (χ2n) is 6.09. The van der Waals surface area contributed by atoms with Gasteiger partial charge in [-0.3, -0.25) is 9.89 Å². The molecule has 7 nitrogen and oxygen atoms in total. The summed E-state index contributed by atoms with van der Waals surface area (Å²) in [4.78, 5) is 17.4. The molecule has 0 aliphatic carbocycles. The Labute approximate surface area is 166 Å². The smallest absolute Gasteiger partial charge is 0.302 e. The molecule has 11 heteroatoms. The molecule has 1 amide bonds. The highest BCUT2D eigenvalue weighted by atomic mass is 32.1. The van der Waals surface area contributed by atoms with Crippen molar-refractivity contribution in [1.29, 1.82) is 0 Å². The lowest BCUT2D eigenvalue weighted by Crippen LogP contribution is -2.14. The van der Waals surface area contributed by atoms with Crippen LogP contribution in [-0.2, 0) is 6.18 Å². The molecule has 0 aliphatic heterocycles. The van der Waals surface area contributed by atoms with E-state index in [1.54, 1.807) is 30.5 Å². The maximum absolute atomic E-state index is 13.1. The third-order valence-electron chi connectivity index (χ3n) is 3.92. The molecule has 3 heterocycles. The monoisotopic (exact) mass is 418 g/mol. The number of nitrogens with one attached hydrogen (secondary N) is 2. The fourth-order valence-electron chi connectivity index (χ4n) is 2.62. The summed E-state index contributed by atoms with van der Waals surface area (Å²) in [6.45, 7) is 1.78. The highest BCUT2D eigenvalue weighted by molar-refractivity contribution is 7.13. The van der Waals surface area contributed by atoms with E-state index in [2.05, 4.69) is 25.6 Å². The number of carbonyl (C=O) groups excluding carboxylic acids is 1. The highest BCUT2D eigenvalue weighted by Crippen LogP contribution is 2.32. The zero-order chi connectivity index (χ0) is 20.6. The van der Waals surface area contributed by atoms with E-state index >= 15 is 0 Å². The number of hydrogen-bond acceptors (Lipinski definition) is 5. The molecule has 0 fully saturated rings. The Morgan fingerprint density at radius 3 is 2.69 bits per heavy atom. The number of thiophene rings is 1. The second-order valence-corrected chi connectivity index (χ2v) is 7.03. The predicted molar refractivity (Wildman–Crippen MR) is 101 cm³/mol. The maximum atomic E-state index is 13.1. The Morgan fingerprint density at radius 2 is 2.03 bits per heavy atom. The molecule has 3 aromatic heterocycles. The molecule has 148 valence electrons. The minimum atomic E-state index is -4.50. The van der Waals surface area contributed by atoms with Crippen LogP contribution in [-0.4, -0.2) is 30.9 Å². The molecule has 0 radical (unpaired) electrons. The molecule has 0 saturated carbocycles. The summed E-state index contributed by atoms with van der Waals surface area (Å²) in [5.41, 5.74) is 0.0769. The van der Waals surface area contributed by atoms with E-state index in [9.17, 15) is 18.0 Å². The van der Waals surface area contributed by atoms with E-state index in [0.717, 1.165) is 17.8 Å². The van der Waals surface area contributed by atoms with Crippen LogP contribution >= 0.6 is 11.3 Å². The normalized spacial score (nSPS) is 11.6. The van der Waals surface area contributed by atoms with E-state index < -0.39 is 17.6 Å². The van der Waals surface area contributed by atoms with Gasteiger partial charge in [0.1, 0.15) is 0 Å². The molecule has 0 saturated heterocycles. The summed E-state index contributed by atoms with van der Waals surface area (Å²) in [6.07, 6.45) is -4.50. The van der Waals surface area contributed by atoms with E-state index in [1.807, 2.05) is 0 Å². The number of carbonyl (C=O) groups is 1. The van der Waals surface area contributed by atoms with Crippen LogP contribution in [0.4, 0.5) is 19.0 Å². The van der Waals surface area contributed by atoms with Gasteiger partial charge in [0, 0.05) is 11.8 Å². The summed E-state index contributed by atoms with van der Waals surface area (Å²) >= 11 is 1.33. The molecular weight excluding hydrogens is 405 g/mol. The van der Waals surface area contributed by atoms with Crippen molar-refractivity contribution in [3.05, 3.63) is 64.9 Å². The summed E-state index contributed by atoms with van der Waals surface area (Å²) < 4.78 is 40.6. The number of aryl methyl sites for hydroxylation is 1. The number of benzene rings is 1. The van der Waals surface area contributed by atoms with Gasteiger partial charge in [0.25, 0.3) is 5.91 Å². The topological polar surface area (TPSA) is 88.5 Å². The fourth-order valence-corrected chi connectivity index (χ4v) is 3.32. The number of halogens is 3. The number of nitrogens with zero attached hydrogens (tertiary/aromatic N) is 4. The lowest BCUT2D eigenvalue weighted by atomic mass is 10.2. The second kappa shape index (κ2) is 7.17. The van der Waals surface area contributed by atoms with Gasteiger partial charge in [-0.2, -0.15) is 18.3 Å². The van der Waals surface area contributed by atoms with Crippen molar-refractivity contribution in [1.82, 2.24) is 25.0 Å². The van der Waals surface area contributed by atoms with Crippen LogP contribution in [0.15, 0.2) is 47.8 Å². The van der Waals surface area contributed by atoms with Crippen molar-refractivity contribution in [3.8, 4) is 16.4 Å². The quantitative estimate of drug-likeness (QED) is 0.517. The molecule has 0 atom stereocenters. The molecule has 29 heavy (non-hydrogen) atoms. The lowest BCUT2D eigenvalue weighted by molar-refractivity contribution is -0.137. The average Bonchev–Trinajstić information content (AvgIpc) is 3.41. The summed E-state index contributed by atoms with van der Waals surface area (Å²) in [6, 6.07) is 9.84. The van der Waals surface area contributed by atoms with Crippen LogP contribution in [0.2, 0.25) is 0 Å². The van der Waals surface area contributed by atoms with Gasteiger partial charge in [-0.1, -0.05) is 12.1 Å². The molecule has 4 aromatic rings. The SMILES string of the molecule is Cc1cc(NC(=O)c2nc(-c3cccs3)n(-c3cccc(C(F)(F)F)c3)n2)n[nH]1. The van der Waals surface area contributed by atoms with Crippen molar-refractivity contribution in [2.75, 3.05) is 5.32 Å². The molecule has 0 aliphatic rings. The third-order valence-corrected chi connectivity index (χ3v) is 4.78. The van der Waals surface area contributed by atoms with Crippen molar-refractivity contribution in [2.24, 2.45) is 0 Å². The number of hydrogen-bond donors (Lipinski definition) is 2. The van der Waals surface area contributed by atoms with Crippen LogP contribution < -0.4 is 5.32 Å². The van der Waals surface area contributed by atoms with Crippen LogP contribution in [0, 0.1) is 6.92 Å². The van der Waals surface area contributed by atoms with E-state index in [-0.39, 0.29) is 17.3 Å². The molecule has 2 N–H and O–H groups in total. The van der Waals surface area contributed by atoms with Crippen LogP contribution in [0.5, 0.6) is 0 Å². The van der Waals surface area contributed by atoms with Crippen LogP contribution in [0.1, 0.15) is 21.9 Å². The first-order valence-electron chi connectivity index (χ1n) is 8.33. The first-order chi connectivity index (χ1) is 13.8. The van der Waals surface area contributed by atoms with Gasteiger partial charge in [-0.25, -0.2) is 9.67 Å². The Hall–Kier alpha value is -3.47. The van der Waals surface area contributed by atoms with Gasteiger partial charge in [-0.15, -0.1) is 16.4 Å². The first kappa shape index (κ1) is 18.9. The summed E-state index contributed by atoms with van der Waals surface area (Å²) in [5, 5.41) is 15.1. The minimum absolute atomic E-state index is 0.144. The van der Waals surface area contributed by atoms with Gasteiger partial charge in [0.15, 0.2) is 11.6 Å². The molecular formula is C18H13F3N6OS. The molecule has 1 aromatic carbocycles. The van der Waals surface area contributed by atoms with Crippen molar-refractivity contribution in [2.45, 2.75) is 13.1 Å². The van der Waals surface area contributed by atoms with Crippen molar-refractivity contribution < 1.29 is 18.0 Å². The molecule has 0 unspecified atom stereocenters. The van der Waals surface area contributed by atoms with Gasteiger partial charge >= 0.3 is 6.18 Å². The first-order valence-corrected chi connectivity index (χ1v) is 9.21. The Morgan fingerprint density at radius 1 is 1.21 bits per heavy atom. The lowest BCUT2D eigenvalue weighted by Gasteiger charge is -2.09. The number of aromatic nitrogens is 5. The number of anilines is 1. The Bertz CT molecular complexity index is 1160. The van der Waals surface area contributed by atoms with E-state index in [0.29, 0.717) is 10.7 Å². The number of H-pyrrole nitrogens is 1. The van der Waals surface area contributed by atoms with Crippen LogP contribution in [0.3, 0.4) is 0 Å². The summed E-state index contributed by atoms with van der Waals surface area (Å²) in [7, 11) is 0. The number of aromatic amines is 1. The Balaban J connectivity index is 1.76. The van der Waals surface area contributed by atoms with Crippen molar-refractivity contribution in [3.63, 3.8) is 0 Å². The molecule has 4 rings (SSSR count). The van der Waals surface area contributed by atoms with Gasteiger partial charge in [0.05, 0.1) is 16.1 Å². The van der Waals surface area contributed by atoms with Gasteiger partial charge < -0.3 is 5.32 Å². The number of amides is 1. The van der Waals surface area contributed by atoms with E-state index in [1.165, 1.54) is 28.2 Å². The number of alkyl halides is 3. The molecule has 0 bridgehead atoms. The minimum Gasteiger partial charge on any atom is -0.302 e. The zero-order valence-electron chi connectivity index (χ0n) is 14.9. The van der Waals surface area contributed by atoms with Crippen LogP contribution in [0.25, 0.3) is 16.4 Å². The van der Waals surface area contributed by atoms with E-state index in [4.69, 9.17) is 0 Å². The standard InChI is InChI=1S/C18H13F3N6OS/c1-10-8-14(25-24-10)22-17(28)15-23-16(13-6-3-7-29-13)27(26-15)12-5-2-4-11(9-12)18(19,20)21/h2-9H,1H3,(H2,22,24,25,28). The largest absolute Gasteiger partial charge is 0.416 e. The number of rotatable bonds is 4. The predicted octanol–water partition coefficient (Wildman–Crippen LogP) is 4.30. The fraction of sp³-hybridized carbons (Fsp3) is 0.111.